The molecule has 0 aliphatic heterocycles. The van der Waals surface area contributed by atoms with Crippen LogP contribution >= 0.6 is 11.6 Å². The first kappa shape index (κ1) is 18.6. The number of halogens is 1. The van der Waals surface area contributed by atoms with Crippen LogP contribution in [0.25, 0.3) is 5.57 Å². The lowest BCUT2D eigenvalue weighted by Crippen LogP contribution is -2.28. The second-order valence-electron chi connectivity index (χ2n) is 6.81. The van der Waals surface area contributed by atoms with Crippen LogP contribution in [-0.4, -0.2) is 5.38 Å². The standard InChI is InChI=1S/C25H25Cl/c1-3-8-20-11-13-21(14-12-20)15-17-25(4-2)18-16-23(19-24(25)26)22-9-6-5-7-10-22/h5-7,9-14,16,18-19,24H,3-4,8H2,1-2H3. The molecule has 0 saturated heterocycles. The van der Waals surface area contributed by atoms with E-state index in [1.165, 1.54) is 23.1 Å². The quantitative estimate of drug-likeness (QED) is 0.423. The molecule has 26 heavy (non-hydrogen) atoms. The van der Waals surface area contributed by atoms with Gasteiger partial charge in [0.1, 0.15) is 0 Å². The van der Waals surface area contributed by atoms with Crippen molar-refractivity contribution in [3.63, 3.8) is 0 Å². The number of hydrogen-bond donors (Lipinski definition) is 0. The summed E-state index contributed by atoms with van der Waals surface area (Å²) in [5.41, 5.74) is 4.46. The normalized spacial score (nSPS) is 21.7. The van der Waals surface area contributed by atoms with Gasteiger partial charge in [0, 0.05) is 5.56 Å². The maximum Gasteiger partial charge on any atom is 0.0726 e. The van der Waals surface area contributed by atoms with Crippen molar-refractivity contribution < 1.29 is 0 Å². The zero-order valence-electron chi connectivity index (χ0n) is 15.5. The SMILES string of the molecule is CCCc1ccc(C#CC2(CC)C=CC(c3ccccc3)=CC2Cl)cc1. The summed E-state index contributed by atoms with van der Waals surface area (Å²) in [6.45, 7) is 4.35. The van der Waals surface area contributed by atoms with Crippen molar-refractivity contribution in [3.05, 3.63) is 89.5 Å². The van der Waals surface area contributed by atoms with Gasteiger partial charge in [-0.25, -0.2) is 0 Å². The molecule has 0 fully saturated rings. The van der Waals surface area contributed by atoms with E-state index in [1.807, 2.05) is 6.07 Å². The Labute approximate surface area is 162 Å². The summed E-state index contributed by atoms with van der Waals surface area (Å²) >= 11 is 6.79. The highest BCUT2D eigenvalue weighted by molar-refractivity contribution is 6.23. The van der Waals surface area contributed by atoms with Crippen molar-refractivity contribution in [1.82, 2.24) is 0 Å². The molecule has 0 heterocycles. The van der Waals surface area contributed by atoms with E-state index in [9.17, 15) is 0 Å². The number of benzene rings is 2. The summed E-state index contributed by atoms with van der Waals surface area (Å²) in [5.74, 6) is 6.81. The fraction of sp³-hybridized carbons (Fsp3) is 0.280. The van der Waals surface area contributed by atoms with E-state index in [0.29, 0.717) is 0 Å². The van der Waals surface area contributed by atoms with Gasteiger partial charge in [0.2, 0.25) is 0 Å². The highest BCUT2D eigenvalue weighted by atomic mass is 35.5. The Morgan fingerprint density at radius 1 is 1.00 bits per heavy atom. The molecule has 0 bridgehead atoms. The molecule has 3 rings (SSSR count). The largest absolute Gasteiger partial charge is 0.116 e. The fourth-order valence-corrected chi connectivity index (χ4v) is 3.68. The predicted octanol–water partition coefficient (Wildman–Crippen LogP) is 6.65. The van der Waals surface area contributed by atoms with E-state index in [4.69, 9.17) is 11.6 Å². The van der Waals surface area contributed by atoms with Crippen molar-refractivity contribution in [2.45, 2.75) is 38.5 Å². The van der Waals surface area contributed by atoms with Crippen LogP contribution in [0.15, 0.2) is 72.8 Å². The number of aryl methyl sites for hydroxylation is 1. The average Bonchev–Trinajstić information content (AvgIpc) is 2.69. The number of hydrogen-bond acceptors (Lipinski definition) is 0. The fourth-order valence-electron chi connectivity index (χ4n) is 3.26. The molecule has 2 unspecified atom stereocenters. The van der Waals surface area contributed by atoms with E-state index < -0.39 is 0 Å². The van der Waals surface area contributed by atoms with Gasteiger partial charge >= 0.3 is 0 Å². The molecule has 2 atom stereocenters. The molecule has 0 amide bonds. The van der Waals surface area contributed by atoms with Gasteiger partial charge in [0.25, 0.3) is 0 Å². The summed E-state index contributed by atoms with van der Waals surface area (Å²) in [6, 6.07) is 18.9. The maximum absolute atomic E-state index is 6.79. The van der Waals surface area contributed by atoms with Crippen LogP contribution in [0, 0.1) is 17.3 Å². The van der Waals surface area contributed by atoms with Crippen LogP contribution in [0.4, 0.5) is 0 Å². The first-order valence-electron chi connectivity index (χ1n) is 9.39. The molecule has 0 aromatic heterocycles. The van der Waals surface area contributed by atoms with Crippen LogP contribution in [-0.2, 0) is 6.42 Å². The smallest absolute Gasteiger partial charge is 0.0726 e. The number of alkyl halides is 1. The molecule has 1 aliphatic rings. The van der Waals surface area contributed by atoms with Crippen molar-refractivity contribution >= 4 is 17.2 Å². The monoisotopic (exact) mass is 360 g/mol. The summed E-state index contributed by atoms with van der Waals surface area (Å²) in [7, 11) is 0. The van der Waals surface area contributed by atoms with Gasteiger partial charge in [-0.15, -0.1) is 11.6 Å². The Kier molecular flexibility index (Phi) is 6.02. The third-order valence-electron chi connectivity index (χ3n) is 5.00. The Morgan fingerprint density at radius 3 is 2.35 bits per heavy atom. The van der Waals surface area contributed by atoms with E-state index in [2.05, 4.69) is 92.4 Å². The zero-order valence-corrected chi connectivity index (χ0v) is 16.3. The molecule has 0 nitrogen and oxygen atoms in total. The van der Waals surface area contributed by atoms with Crippen LogP contribution < -0.4 is 0 Å². The first-order chi connectivity index (χ1) is 12.7. The lowest BCUT2D eigenvalue weighted by Gasteiger charge is -2.30. The molecular formula is C25H25Cl. The van der Waals surface area contributed by atoms with Gasteiger partial charge < -0.3 is 0 Å². The lowest BCUT2D eigenvalue weighted by molar-refractivity contribution is 0.506. The van der Waals surface area contributed by atoms with Gasteiger partial charge in [-0.3, -0.25) is 0 Å². The minimum Gasteiger partial charge on any atom is -0.116 e. The average molecular weight is 361 g/mol. The number of allylic oxidation sites excluding steroid dienone is 4. The molecule has 132 valence electrons. The Balaban J connectivity index is 1.83. The van der Waals surface area contributed by atoms with Crippen molar-refractivity contribution in [2.24, 2.45) is 5.41 Å². The maximum atomic E-state index is 6.79. The van der Waals surface area contributed by atoms with E-state index in [0.717, 1.165) is 18.4 Å². The Bertz CT molecular complexity index is 847. The summed E-state index contributed by atoms with van der Waals surface area (Å²) in [6.07, 6.45) is 9.66. The zero-order chi connectivity index (χ0) is 18.4. The van der Waals surface area contributed by atoms with Gasteiger partial charge in [-0.1, -0.05) is 92.8 Å². The van der Waals surface area contributed by atoms with Gasteiger partial charge in [0.15, 0.2) is 0 Å². The van der Waals surface area contributed by atoms with E-state index in [-0.39, 0.29) is 10.8 Å². The summed E-state index contributed by atoms with van der Waals surface area (Å²) < 4.78 is 0. The summed E-state index contributed by atoms with van der Waals surface area (Å²) in [5, 5.41) is -0.139. The molecule has 0 saturated carbocycles. The third-order valence-corrected chi connectivity index (χ3v) is 5.52. The topological polar surface area (TPSA) is 0 Å². The van der Waals surface area contributed by atoms with Crippen LogP contribution in [0.1, 0.15) is 43.4 Å². The Morgan fingerprint density at radius 2 is 1.73 bits per heavy atom. The molecule has 1 aliphatic carbocycles. The summed E-state index contributed by atoms with van der Waals surface area (Å²) in [4.78, 5) is 0. The van der Waals surface area contributed by atoms with Gasteiger partial charge in [-0.2, -0.15) is 0 Å². The minimum atomic E-state index is -0.318. The molecular weight excluding hydrogens is 336 g/mol. The molecule has 0 N–H and O–H groups in total. The third kappa shape index (κ3) is 4.12. The predicted molar refractivity (Wildman–Crippen MR) is 113 cm³/mol. The highest BCUT2D eigenvalue weighted by Crippen LogP contribution is 2.39. The van der Waals surface area contributed by atoms with E-state index in [1.54, 1.807) is 0 Å². The lowest BCUT2D eigenvalue weighted by atomic mass is 9.77. The first-order valence-corrected chi connectivity index (χ1v) is 9.83. The van der Waals surface area contributed by atoms with Crippen LogP contribution in [0.2, 0.25) is 0 Å². The van der Waals surface area contributed by atoms with Crippen LogP contribution in [0.3, 0.4) is 0 Å². The molecule has 0 radical (unpaired) electrons. The van der Waals surface area contributed by atoms with E-state index >= 15 is 0 Å². The molecule has 2 aromatic carbocycles. The molecule has 2 aromatic rings. The molecule has 1 heteroatoms. The van der Waals surface area contributed by atoms with Crippen molar-refractivity contribution in [1.29, 1.82) is 0 Å². The second kappa shape index (κ2) is 8.43. The van der Waals surface area contributed by atoms with Gasteiger partial charge in [0.05, 0.1) is 10.8 Å². The molecule has 0 spiro atoms. The van der Waals surface area contributed by atoms with Gasteiger partial charge in [-0.05, 0) is 41.7 Å². The van der Waals surface area contributed by atoms with Crippen molar-refractivity contribution in [3.8, 4) is 11.8 Å². The van der Waals surface area contributed by atoms with Crippen LogP contribution in [0.5, 0.6) is 0 Å². The van der Waals surface area contributed by atoms with Crippen molar-refractivity contribution in [2.75, 3.05) is 0 Å². The number of rotatable bonds is 4. The minimum absolute atomic E-state index is 0.139. The Hall–Kier alpha value is -2.23. The highest BCUT2D eigenvalue weighted by Gasteiger charge is 2.33. The second-order valence-corrected chi connectivity index (χ2v) is 7.28.